The van der Waals surface area contributed by atoms with E-state index in [4.69, 9.17) is 13.0 Å². The Hall–Kier alpha value is -1.41. The number of rotatable bonds is 3. The Kier molecular flexibility index (Phi) is 4.44. The first kappa shape index (κ1) is 12.7. The van der Waals surface area contributed by atoms with E-state index in [9.17, 15) is 9.59 Å². The van der Waals surface area contributed by atoms with Crippen molar-refractivity contribution in [3.05, 3.63) is 29.3 Å². The van der Waals surface area contributed by atoms with Crippen molar-refractivity contribution in [1.82, 2.24) is 0 Å². The van der Waals surface area contributed by atoms with Gasteiger partial charge in [-0.3, -0.25) is 0 Å². The molecule has 1 rings (SSSR count). The first-order valence-corrected chi connectivity index (χ1v) is 9.44. The number of hydrogen-bond acceptors (Lipinski definition) is 4. The number of hydrogen-bond donors (Lipinski definition) is 1. The van der Waals surface area contributed by atoms with Crippen LogP contribution in [0, 0.1) is 11.3 Å². The van der Waals surface area contributed by atoms with Crippen LogP contribution in [0.4, 0.5) is 0 Å². The van der Waals surface area contributed by atoms with Gasteiger partial charge < -0.3 is 0 Å². The molecule has 6 heteroatoms. The summed E-state index contributed by atoms with van der Waals surface area (Å²) in [4.78, 5) is 21.7. The number of benzene rings is 1. The molecule has 0 radical (unpaired) electrons. The molecule has 0 saturated heterocycles. The van der Waals surface area contributed by atoms with Gasteiger partial charge in [0.2, 0.25) is 0 Å². The van der Waals surface area contributed by atoms with E-state index in [0.717, 1.165) is 0 Å². The average molecular weight is 406 g/mol. The zero-order valence-electron chi connectivity index (χ0n) is 8.56. The molecule has 78 valence electrons. The van der Waals surface area contributed by atoms with Crippen molar-refractivity contribution in [2.24, 2.45) is 0 Å². The number of aromatic carboxylic acids is 1. The summed E-state index contributed by atoms with van der Waals surface area (Å²) >= 11 is -2.22. The van der Waals surface area contributed by atoms with Gasteiger partial charge in [-0.05, 0) is 0 Å². The maximum atomic E-state index is 11.0. The minimum absolute atomic E-state index is 0.0204. The second-order valence-electron chi connectivity index (χ2n) is 3.04. The van der Waals surface area contributed by atoms with Crippen LogP contribution in [0.1, 0.15) is 22.8 Å². The van der Waals surface area contributed by atoms with Crippen molar-refractivity contribution < 1.29 is 42.4 Å². The van der Waals surface area contributed by atoms with Crippen LogP contribution in [-0.2, 0) is 32.5 Å². The molecule has 0 aliphatic rings. The van der Waals surface area contributed by atoms with Crippen LogP contribution in [0.3, 0.4) is 0 Å². The third-order valence-corrected chi connectivity index (χ3v) is 7.56. The molecule has 0 amide bonds. The Morgan fingerprint density at radius 3 is 2.69 bits per heavy atom. The van der Waals surface area contributed by atoms with E-state index < -0.39 is 37.0 Å². The van der Waals surface area contributed by atoms with E-state index in [2.05, 4.69) is 0 Å². The summed E-state index contributed by atoms with van der Waals surface area (Å²) in [6.07, 6.45) is 0. The summed E-state index contributed by atoms with van der Waals surface area (Å²) < 4.78 is 5.46. The molecule has 0 heterocycles. The fourth-order valence-corrected chi connectivity index (χ4v) is 5.43. The SMILES string of the molecule is CC(=O)[O][Hg][c]1cccc(C#N)c1C(=O)O. The van der Waals surface area contributed by atoms with Gasteiger partial charge in [0.15, 0.2) is 0 Å². The van der Waals surface area contributed by atoms with Crippen LogP contribution in [0.5, 0.6) is 0 Å². The van der Waals surface area contributed by atoms with Gasteiger partial charge in [-0.2, -0.15) is 0 Å². The number of nitriles is 1. The summed E-state index contributed by atoms with van der Waals surface area (Å²) in [5.41, 5.74) is 0.0880. The topological polar surface area (TPSA) is 87.4 Å². The second kappa shape index (κ2) is 5.61. The summed E-state index contributed by atoms with van der Waals surface area (Å²) in [7, 11) is 0. The van der Waals surface area contributed by atoms with Gasteiger partial charge in [-0.25, -0.2) is 0 Å². The Morgan fingerprint density at radius 1 is 1.50 bits per heavy atom. The molecule has 5 nitrogen and oxygen atoms in total. The van der Waals surface area contributed by atoms with Gasteiger partial charge in [-0.15, -0.1) is 0 Å². The first-order valence-electron chi connectivity index (χ1n) is 4.45. The number of carbonyl (C=O) groups excluding carboxylic acids is 1. The van der Waals surface area contributed by atoms with E-state index in [1.165, 1.54) is 13.0 Å². The third-order valence-electron chi connectivity index (χ3n) is 1.92. The molecule has 16 heavy (non-hydrogen) atoms. The third kappa shape index (κ3) is 3.04. The number of nitrogens with zero attached hydrogens (tertiary/aromatic N) is 1. The summed E-state index contributed by atoms with van der Waals surface area (Å²) in [6, 6.07) is 6.47. The van der Waals surface area contributed by atoms with Crippen LogP contribution in [0.2, 0.25) is 0 Å². The molecule has 0 spiro atoms. The molecule has 0 unspecified atom stereocenters. The van der Waals surface area contributed by atoms with Crippen LogP contribution < -0.4 is 3.07 Å². The van der Waals surface area contributed by atoms with Crippen molar-refractivity contribution in [2.45, 2.75) is 6.92 Å². The molecule has 0 bridgehead atoms. The van der Waals surface area contributed by atoms with Gasteiger partial charge in [0, 0.05) is 0 Å². The number of carbonyl (C=O) groups is 2. The molecule has 0 atom stereocenters. The quantitative estimate of drug-likeness (QED) is 0.737. The van der Waals surface area contributed by atoms with Gasteiger partial charge >= 0.3 is 105 Å². The van der Waals surface area contributed by atoms with Crippen molar-refractivity contribution in [3.8, 4) is 6.07 Å². The van der Waals surface area contributed by atoms with Gasteiger partial charge in [0.25, 0.3) is 0 Å². The Labute approximate surface area is 105 Å². The molecule has 1 N–H and O–H groups in total. The molecular weight excluding hydrogens is 399 g/mol. The van der Waals surface area contributed by atoms with Crippen molar-refractivity contribution >= 4 is 15.0 Å². The normalized spacial score (nSPS) is 8.75. The Bertz CT molecular complexity index is 478. The molecule has 1 aromatic carbocycles. The molecule has 0 aromatic heterocycles. The van der Waals surface area contributed by atoms with Crippen LogP contribution in [0.15, 0.2) is 18.2 Å². The van der Waals surface area contributed by atoms with Crippen LogP contribution >= 0.6 is 0 Å². The number of carboxylic acid groups (broad SMARTS) is 1. The molecule has 1 aromatic rings. The van der Waals surface area contributed by atoms with E-state index in [1.807, 2.05) is 6.07 Å². The average Bonchev–Trinajstić information content (AvgIpc) is 2.25. The van der Waals surface area contributed by atoms with Gasteiger partial charge in [-0.1, -0.05) is 0 Å². The standard InChI is InChI=1S/C8H4NO2.C2H4O2.Hg/c9-5-6-3-1-2-4-7(6)8(10)11;1-2(3)4;/h1-3H,(H,10,11);1H3,(H,3,4);/q;;+1/p-1. The molecule has 0 aliphatic carbocycles. The molecular formula is C10H7HgNO4. The maximum absolute atomic E-state index is 11.0. The Morgan fingerprint density at radius 2 is 2.19 bits per heavy atom. The van der Waals surface area contributed by atoms with Crippen molar-refractivity contribution in [3.63, 3.8) is 0 Å². The second-order valence-corrected chi connectivity index (χ2v) is 8.24. The van der Waals surface area contributed by atoms with Gasteiger partial charge in [0.1, 0.15) is 0 Å². The van der Waals surface area contributed by atoms with Crippen molar-refractivity contribution in [1.29, 1.82) is 5.26 Å². The molecule has 0 fully saturated rings. The minimum atomic E-state index is -2.22. The van der Waals surface area contributed by atoms with E-state index in [1.54, 1.807) is 12.1 Å². The fraction of sp³-hybridized carbons (Fsp3) is 0.100. The van der Waals surface area contributed by atoms with Crippen LogP contribution in [0.25, 0.3) is 0 Å². The van der Waals surface area contributed by atoms with E-state index in [-0.39, 0.29) is 11.1 Å². The number of carboxylic acids is 1. The first-order chi connectivity index (χ1) is 7.56. The summed E-state index contributed by atoms with van der Waals surface area (Å²) in [5, 5.41) is 17.8. The van der Waals surface area contributed by atoms with E-state index >= 15 is 0 Å². The zero-order chi connectivity index (χ0) is 12.1. The zero-order valence-corrected chi connectivity index (χ0v) is 14.1. The summed E-state index contributed by atoms with van der Waals surface area (Å²) in [5.74, 6) is -1.56. The van der Waals surface area contributed by atoms with Gasteiger partial charge in [0.05, 0.1) is 0 Å². The monoisotopic (exact) mass is 407 g/mol. The predicted octanol–water partition coefficient (Wildman–Crippen LogP) is 0.442. The fourth-order valence-electron chi connectivity index (χ4n) is 1.25. The summed E-state index contributed by atoms with van der Waals surface area (Å²) in [6.45, 7) is 1.29. The molecule has 0 aliphatic heterocycles. The Balaban J connectivity index is 3.13. The molecule has 0 saturated carbocycles. The van der Waals surface area contributed by atoms with Crippen molar-refractivity contribution in [2.75, 3.05) is 0 Å². The predicted molar refractivity (Wildman–Crippen MR) is 49.5 cm³/mol. The van der Waals surface area contributed by atoms with E-state index in [0.29, 0.717) is 3.07 Å². The van der Waals surface area contributed by atoms with Crippen LogP contribution in [-0.4, -0.2) is 17.0 Å².